The third kappa shape index (κ3) is 5.26. The maximum atomic E-state index is 12.5. The highest BCUT2D eigenvalue weighted by Crippen LogP contribution is 2.20. The molecule has 2 rings (SSSR count). The van der Waals surface area contributed by atoms with Crippen LogP contribution in [0, 0.1) is 0 Å². The summed E-state index contributed by atoms with van der Waals surface area (Å²) in [6.45, 7) is 2.00. The molecule has 0 aromatic heterocycles. The summed E-state index contributed by atoms with van der Waals surface area (Å²) < 4.78 is 37.5. The summed E-state index contributed by atoms with van der Waals surface area (Å²) in [6, 6.07) is 6.36. The van der Waals surface area contributed by atoms with E-state index in [-0.39, 0.29) is 31.7 Å². The number of benzene rings is 1. The third-order valence-corrected chi connectivity index (χ3v) is 4.27. The Morgan fingerprint density at radius 3 is 2.24 bits per heavy atom. The van der Waals surface area contributed by atoms with Crippen molar-refractivity contribution in [3.63, 3.8) is 0 Å². The van der Waals surface area contributed by atoms with Crippen LogP contribution in [0.25, 0.3) is 0 Å². The summed E-state index contributed by atoms with van der Waals surface area (Å²) >= 11 is 5.83. The van der Waals surface area contributed by atoms with Gasteiger partial charge in [0.2, 0.25) is 0 Å². The van der Waals surface area contributed by atoms with Crippen molar-refractivity contribution in [1.29, 1.82) is 0 Å². The van der Waals surface area contributed by atoms with Crippen LogP contribution in [0.1, 0.15) is 24.9 Å². The number of nitrogens with zero attached hydrogens (tertiary/aromatic N) is 2. The largest absolute Gasteiger partial charge is 0.471 e. The molecular formula is C16H19ClF3N3O2. The molecule has 1 fully saturated rings. The highest BCUT2D eigenvalue weighted by Gasteiger charge is 2.42. The van der Waals surface area contributed by atoms with E-state index in [2.05, 4.69) is 5.32 Å². The van der Waals surface area contributed by atoms with Crippen LogP contribution in [0.2, 0.25) is 5.02 Å². The van der Waals surface area contributed by atoms with Gasteiger partial charge in [-0.3, -0.25) is 4.79 Å². The van der Waals surface area contributed by atoms with Crippen molar-refractivity contribution in [2.24, 2.45) is 0 Å². The third-order valence-electron chi connectivity index (χ3n) is 4.02. The molecule has 1 aliphatic rings. The molecule has 1 N–H and O–H groups in total. The predicted octanol–water partition coefficient (Wildman–Crippen LogP) is 3.21. The molecule has 0 saturated carbocycles. The number of hydrogen-bond donors (Lipinski definition) is 1. The maximum Gasteiger partial charge on any atom is 0.471 e. The summed E-state index contributed by atoms with van der Waals surface area (Å²) in [5.41, 5.74) is 0.862. The van der Waals surface area contributed by atoms with Gasteiger partial charge in [0.25, 0.3) is 0 Å². The Bertz CT molecular complexity index is 622. The van der Waals surface area contributed by atoms with Crippen molar-refractivity contribution < 1.29 is 22.8 Å². The van der Waals surface area contributed by atoms with Crippen LogP contribution < -0.4 is 5.32 Å². The first kappa shape index (κ1) is 19.4. The normalized spacial score (nSPS) is 17.0. The second-order valence-electron chi connectivity index (χ2n) is 5.85. The molecule has 138 valence electrons. The topological polar surface area (TPSA) is 52.7 Å². The van der Waals surface area contributed by atoms with Gasteiger partial charge in [0.15, 0.2) is 0 Å². The highest BCUT2D eigenvalue weighted by atomic mass is 35.5. The van der Waals surface area contributed by atoms with Crippen LogP contribution in [0.4, 0.5) is 18.0 Å². The number of carbonyl (C=O) groups excluding carboxylic acids is 2. The molecule has 1 aromatic rings. The van der Waals surface area contributed by atoms with Crippen molar-refractivity contribution in [3.8, 4) is 0 Å². The predicted molar refractivity (Wildman–Crippen MR) is 87.2 cm³/mol. The van der Waals surface area contributed by atoms with E-state index in [0.29, 0.717) is 18.0 Å². The second kappa shape index (κ2) is 7.95. The van der Waals surface area contributed by atoms with Crippen molar-refractivity contribution in [1.82, 2.24) is 15.1 Å². The zero-order chi connectivity index (χ0) is 18.6. The van der Waals surface area contributed by atoms with E-state index in [1.807, 2.05) is 0 Å². The Balaban J connectivity index is 1.92. The molecule has 0 radical (unpaired) electrons. The summed E-state index contributed by atoms with van der Waals surface area (Å²) in [7, 11) is 0. The molecule has 1 saturated heterocycles. The quantitative estimate of drug-likeness (QED) is 0.860. The van der Waals surface area contributed by atoms with Crippen molar-refractivity contribution in [2.45, 2.75) is 25.6 Å². The number of carbonyl (C=O) groups is 2. The number of nitrogens with one attached hydrogen (secondary N) is 1. The molecule has 1 aliphatic heterocycles. The molecule has 5 nitrogen and oxygen atoms in total. The van der Waals surface area contributed by atoms with E-state index in [1.54, 1.807) is 31.2 Å². The average molecular weight is 378 g/mol. The van der Waals surface area contributed by atoms with Gasteiger partial charge in [-0.15, -0.1) is 0 Å². The molecule has 0 aliphatic carbocycles. The lowest BCUT2D eigenvalue weighted by atomic mass is 10.1. The Hall–Kier alpha value is -1.96. The van der Waals surface area contributed by atoms with Gasteiger partial charge in [0.1, 0.15) is 0 Å². The van der Waals surface area contributed by atoms with Crippen LogP contribution in [-0.4, -0.2) is 54.1 Å². The lowest BCUT2D eigenvalue weighted by Crippen LogP contribution is -2.45. The van der Waals surface area contributed by atoms with Gasteiger partial charge >= 0.3 is 18.1 Å². The SMILES string of the molecule is C[C@H](NC(=O)N1CCCN(C(=O)C(F)(F)F)CC1)c1ccc(Cl)cc1. The van der Waals surface area contributed by atoms with Gasteiger partial charge in [0, 0.05) is 31.2 Å². The zero-order valence-electron chi connectivity index (χ0n) is 13.6. The lowest BCUT2D eigenvalue weighted by Gasteiger charge is -2.24. The van der Waals surface area contributed by atoms with E-state index in [1.165, 1.54) is 4.90 Å². The van der Waals surface area contributed by atoms with Crippen LogP contribution >= 0.6 is 11.6 Å². The fourth-order valence-electron chi connectivity index (χ4n) is 2.61. The molecule has 1 atom stereocenters. The Morgan fingerprint density at radius 2 is 1.64 bits per heavy atom. The minimum Gasteiger partial charge on any atom is -0.333 e. The molecule has 1 heterocycles. The Morgan fingerprint density at radius 1 is 1.08 bits per heavy atom. The summed E-state index contributed by atoms with van der Waals surface area (Å²) in [5, 5.41) is 3.39. The van der Waals surface area contributed by atoms with E-state index in [9.17, 15) is 22.8 Å². The average Bonchev–Trinajstić information content (AvgIpc) is 2.79. The number of halogens is 4. The van der Waals surface area contributed by atoms with Gasteiger partial charge < -0.3 is 15.1 Å². The minimum atomic E-state index is -4.89. The first-order valence-corrected chi connectivity index (χ1v) is 8.23. The van der Waals surface area contributed by atoms with Crippen molar-refractivity contribution >= 4 is 23.5 Å². The maximum absolute atomic E-state index is 12.5. The lowest BCUT2D eigenvalue weighted by molar-refractivity contribution is -0.185. The summed E-state index contributed by atoms with van der Waals surface area (Å²) in [4.78, 5) is 25.8. The fraction of sp³-hybridized carbons (Fsp3) is 0.500. The standard InChI is InChI=1S/C16H19ClF3N3O2/c1-11(12-3-5-13(17)6-4-12)21-15(25)23-8-2-7-22(9-10-23)14(24)16(18,19)20/h3-6,11H,2,7-10H2,1H3,(H,21,25)/t11-/m0/s1. The van der Waals surface area contributed by atoms with Gasteiger partial charge in [0.05, 0.1) is 6.04 Å². The van der Waals surface area contributed by atoms with E-state index < -0.39 is 12.1 Å². The number of urea groups is 1. The molecular weight excluding hydrogens is 359 g/mol. The van der Waals surface area contributed by atoms with Crippen LogP contribution in [0.3, 0.4) is 0 Å². The Kier molecular flexibility index (Phi) is 6.16. The number of amides is 3. The van der Waals surface area contributed by atoms with Gasteiger partial charge in [-0.2, -0.15) is 13.2 Å². The first-order chi connectivity index (χ1) is 11.7. The van der Waals surface area contributed by atoms with Crippen molar-refractivity contribution in [3.05, 3.63) is 34.9 Å². The number of rotatable bonds is 2. The zero-order valence-corrected chi connectivity index (χ0v) is 14.4. The molecule has 0 spiro atoms. The monoisotopic (exact) mass is 377 g/mol. The molecule has 25 heavy (non-hydrogen) atoms. The Labute approximate surface area is 148 Å². The molecule has 3 amide bonds. The highest BCUT2D eigenvalue weighted by molar-refractivity contribution is 6.30. The fourth-order valence-corrected chi connectivity index (χ4v) is 2.74. The molecule has 0 bridgehead atoms. The van der Waals surface area contributed by atoms with E-state index in [4.69, 9.17) is 11.6 Å². The number of hydrogen-bond acceptors (Lipinski definition) is 2. The van der Waals surface area contributed by atoms with Gasteiger partial charge in [-0.05, 0) is 31.0 Å². The molecule has 0 unspecified atom stereocenters. The van der Waals surface area contributed by atoms with Crippen molar-refractivity contribution in [2.75, 3.05) is 26.2 Å². The van der Waals surface area contributed by atoms with E-state index in [0.717, 1.165) is 10.5 Å². The van der Waals surface area contributed by atoms with Gasteiger partial charge in [-0.25, -0.2) is 4.79 Å². The molecule has 1 aromatic carbocycles. The van der Waals surface area contributed by atoms with Crippen LogP contribution in [0.5, 0.6) is 0 Å². The van der Waals surface area contributed by atoms with Gasteiger partial charge in [-0.1, -0.05) is 23.7 Å². The molecule has 9 heteroatoms. The minimum absolute atomic E-state index is 0.0190. The smallest absolute Gasteiger partial charge is 0.333 e. The number of alkyl halides is 3. The summed E-state index contributed by atoms with van der Waals surface area (Å²) in [6.07, 6.45) is -4.59. The van der Waals surface area contributed by atoms with Crippen LogP contribution in [-0.2, 0) is 4.79 Å². The van der Waals surface area contributed by atoms with E-state index >= 15 is 0 Å². The first-order valence-electron chi connectivity index (χ1n) is 7.85. The second-order valence-corrected chi connectivity index (χ2v) is 6.29. The summed E-state index contributed by atoms with van der Waals surface area (Å²) in [5.74, 6) is -1.86. The van der Waals surface area contributed by atoms with Crippen LogP contribution in [0.15, 0.2) is 24.3 Å².